The zero-order valence-electron chi connectivity index (χ0n) is 9.68. The topological polar surface area (TPSA) is 61.8 Å². The second-order valence-electron chi connectivity index (χ2n) is 4.40. The summed E-state index contributed by atoms with van der Waals surface area (Å²) in [5, 5.41) is 13.0. The SMILES string of the molecule is CC1CN(CC(C)C(N)=NO)CC(C)S1. The molecular formula is C10H21N3OS. The van der Waals surface area contributed by atoms with E-state index in [1.54, 1.807) is 0 Å². The lowest BCUT2D eigenvalue weighted by Gasteiger charge is -2.35. The van der Waals surface area contributed by atoms with Crippen LogP contribution >= 0.6 is 11.8 Å². The van der Waals surface area contributed by atoms with Gasteiger partial charge < -0.3 is 15.8 Å². The first-order chi connectivity index (χ1) is 7.02. The predicted octanol–water partition coefficient (Wildman–Crippen LogP) is 1.19. The molecule has 1 heterocycles. The molecule has 15 heavy (non-hydrogen) atoms. The third-order valence-corrected chi connectivity index (χ3v) is 3.88. The normalized spacial score (nSPS) is 31.5. The lowest BCUT2D eigenvalue weighted by Crippen LogP contribution is -2.44. The molecule has 0 aliphatic carbocycles. The molecular weight excluding hydrogens is 210 g/mol. The van der Waals surface area contributed by atoms with E-state index < -0.39 is 0 Å². The summed E-state index contributed by atoms with van der Waals surface area (Å²) in [6, 6.07) is 0. The van der Waals surface area contributed by atoms with Crippen molar-refractivity contribution in [3.05, 3.63) is 0 Å². The van der Waals surface area contributed by atoms with Gasteiger partial charge in [-0.05, 0) is 0 Å². The Balaban J connectivity index is 2.44. The molecule has 1 fully saturated rings. The number of oxime groups is 1. The standard InChI is InChI=1S/C10H21N3OS/c1-7(10(11)12-14)4-13-5-8(2)15-9(3)6-13/h7-9,14H,4-6H2,1-3H3,(H2,11,12). The van der Waals surface area contributed by atoms with Gasteiger partial charge in [0.2, 0.25) is 0 Å². The van der Waals surface area contributed by atoms with Crippen LogP contribution in [0.2, 0.25) is 0 Å². The van der Waals surface area contributed by atoms with Crippen LogP contribution in [0.4, 0.5) is 0 Å². The number of thioether (sulfide) groups is 1. The molecule has 1 aliphatic rings. The number of amidine groups is 1. The van der Waals surface area contributed by atoms with Gasteiger partial charge in [-0.15, -0.1) is 0 Å². The summed E-state index contributed by atoms with van der Waals surface area (Å²) in [7, 11) is 0. The van der Waals surface area contributed by atoms with Gasteiger partial charge in [0.15, 0.2) is 0 Å². The van der Waals surface area contributed by atoms with E-state index >= 15 is 0 Å². The summed E-state index contributed by atoms with van der Waals surface area (Å²) >= 11 is 2.03. The summed E-state index contributed by atoms with van der Waals surface area (Å²) in [5.41, 5.74) is 5.57. The van der Waals surface area contributed by atoms with Crippen LogP contribution in [-0.2, 0) is 0 Å². The van der Waals surface area contributed by atoms with Gasteiger partial charge in [-0.2, -0.15) is 11.8 Å². The lowest BCUT2D eigenvalue weighted by atomic mass is 10.1. The first-order valence-corrected chi connectivity index (χ1v) is 6.32. The highest BCUT2D eigenvalue weighted by Crippen LogP contribution is 2.24. The summed E-state index contributed by atoms with van der Waals surface area (Å²) in [6.45, 7) is 9.57. The van der Waals surface area contributed by atoms with Crippen molar-refractivity contribution < 1.29 is 5.21 Å². The van der Waals surface area contributed by atoms with E-state index in [0.29, 0.717) is 16.3 Å². The first kappa shape index (κ1) is 12.6. The molecule has 1 aliphatic heterocycles. The summed E-state index contributed by atoms with van der Waals surface area (Å²) in [6.07, 6.45) is 0. The fourth-order valence-corrected chi connectivity index (χ4v) is 3.40. The van der Waals surface area contributed by atoms with E-state index in [4.69, 9.17) is 10.9 Å². The average Bonchev–Trinajstić information content (AvgIpc) is 2.14. The largest absolute Gasteiger partial charge is 0.409 e. The van der Waals surface area contributed by atoms with Crippen LogP contribution in [0, 0.1) is 5.92 Å². The van der Waals surface area contributed by atoms with Crippen molar-refractivity contribution in [3.63, 3.8) is 0 Å². The Labute approximate surface area is 95.9 Å². The molecule has 0 radical (unpaired) electrons. The van der Waals surface area contributed by atoms with E-state index in [2.05, 4.69) is 23.9 Å². The minimum Gasteiger partial charge on any atom is -0.409 e. The zero-order valence-corrected chi connectivity index (χ0v) is 10.5. The van der Waals surface area contributed by atoms with E-state index in [1.165, 1.54) is 0 Å². The Hall–Kier alpha value is -0.420. The summed E-state index contributed by atoms with van der Waals surface area (Å²) < 4.78 is 0. The van der Waals surface area contributed by atoms with Crippen LogP contribution in [-0.4, -0.2) is 46.1 Å². The number of rotatable bonds is 3. The van der Waals surface area contributed by atoms with Crippen molar-refractivity contribution in [2.75, 3.05) is 19.6 Å². The molecule has 1 saturated heterocycles. The molecule has 1 rings (SSSR count). The van der Waals surface area contributed by atoms with Crippen LogP contribution in [0.25, 0.3) is 0 Å². The molecule has 0 bridgehead atoms. The van der Waals surface area contributed by atoms with Crippen molar-refractivity contribution in [1.29, 1.82) is 0 Å². The highest BCUT2D eigenvalue weighted by atomic mass is 32.2. The van der Waals surface area contributed by atoms with Crippen molar-refractivity contribution in [2.45, 2.75) is 31.3 Å². The second kappa shape index (κ2) is 5.61. The molecule has 0 aromatic rings. The molecule has 3 N–H and O–H groups in total. The van der Waals surface area contributed by atoms with Gasteiger partial charge in [0.25, 0.3) is 0 Å². The smallest absolute Gasteiger partial charge is 0.143 e. The Bertz CT molecular complexity index is 225. The number of nitrogens with two attached hydrogens (primary N) is 1. The van der Waals surface area contributed by atoms with Crippen LogP contribution in [0.15, 0.2) is 5.16 Å². The van der Waals surface area contributed by atoms with Gasteiger partial charge in [-0.3, -0.25) is 0 Å². The Kier molecular flexibility index (Phi) is 4.73. The molecule has 3 unspecified atom stereocenters. The Morgan fingerprint density at radius 2 is 2.07 bits per heavy atom. The molecule has 0 spiro atoms. The van der Waals surface area contributed by atoms with Crippen LogP contribution < -0.4 is 5.73 Å². The molecule has 0 amide bonds. The van der Waals surface area contributed by atoms with Crippen LogP contribution in [0.1, 0.15) is 20.8 Å². The number of nitrogens with zero attached hydrogens (tertiary/aromatic N) is 2. The minimum absolute atomic E-state index is 0.123. The third kappa shape index (κ3) is 3.91. The highest BCUT2D eigenvalue weighted by molar-refractivity contribution is 8.00. The highest BCUT2D eigenvalue weighted by Gasteiger charge is 2.24. The molecule has 3 atom stereocenters. The molecule has 0 saturated carbocycles. The molecule has 0 aromatic carbocycles. The maximum atomic E-state index is 8.58. The fraction of sp³-hybridized carbons (Fsp3) is 0.900. The second-order valence-corrected chi connectivity index (χ2v) is 6.28. The summed E-state index contributed by atoms with van der Waals surface area (Å²) in [4.78, 5) is 2.40. The van der Waals surface area contributed by atoms with Crippen LogP contribution in [0.3, 0.4) is 0 Å². The number of hydrogen-bond acceptors (Lipinski definition) is 4. The minimum atomic E-state index is 0.123. The Morgan fingerprint density at radius 3 is 2.53 bits per heavy atom. The monoisotopic (exact) mass is 231 g/mol. The van der Waals surface area contributed by atoms with Crippen molar-refractivity contribution >= 4 is 17.6 Å². The van der Waals surface area contributed by atoms with Gasteiger partial charge in [-0.1, -0.05) is 25.9 Å². The van der Waals surface area contributed by atoms with E-state index in [-0.39, 0.29) is 5.92 Å². The average molecular weight is 231 g/mol. The maximum absolute atomic E-state index is 8.58. The van der Waals surface area contributed by atoms with Gasteiger partial charge in [0.1, 0.15) is 5.84 Å². The molecule has 4 nitrogen and oxygen atoms in total. The van der Waals surface area contributed by atoms with Crippen molar-refractivity contribution in [2.24, 2.45) is 16.8 Å². The molecule has 5 heteroatoms. The van der Waals surface area contributed by atoms with Gasteiger partial charge in [-0.25, -0.2) is 0 Å². The van der Waals surface area contributed by atoms with Gasteiger partial charge >= 0.3 is 0 Å². The van der Waals surface area contributed by atoms with E-state index in [1.807, 2.05) is 18.7 Å². The predicted molar refractivity (Wildman–Crippen MR) is 65.5 cm³/mol. The maximum Gasteiger partial charge on any atom is 0.143 e. The quantitative estimate of drug-likeness (QED) is 0.331. The summed E-state index contributed by atoms with van der Waals surface area (Å²) in [5.74, 6) is 0.450. The number of hydrogen-bond donors (Lipinski definition) is 2. The molecule has 0 aromatic heterocycles. The fourth-order valence-electron chi connectivity index (χ4n) is 2.01. The van der Waals surface area contributed by atoms with Crippen LogP contribution in [0.5, 0.6) is 0 Å². The first-order valence-electron chi connectivity index (χ1n) is 5.38. The van der Waals surface area contributed by atoms with Crippen molar-refractivity contribution in [1.82, 2.24) is 4.90 Å². The molecule has 88 valence electrons. The van der Waals surface area contributed by atoms with Gasteiger partial charge in [0, 0.05) is 36.1 Å². The zero-order chi connectivity index (χ0) is 11.4. The van der Waals surface area contributed by atoms with Crippen molar-refractivity contribution in [3.8, 4) is 0 Å². The van der Waals surface area contributed by atoms with E-state index in [9.17, 15) is 0 Å². The Morgan fingerprint density at radius 1 is 1.53 bits per heavy atom. The van der Waals surface area contributed by atoms with E-state index in [0.717, 1.165) is 19.6 Å². The third-order valence-electron chi connectivity index (χ3n) is 2.65. The van der Waals surface area contributed by atoms with Gasteiger partial charge in [0.05, 0.1) is 0 Å². The lowest BCUT2D eigenvalue weighted by molar-refractivity contribution is 0.251.